The summed E-state index contributed by atoms with van der Waals surface area (Å²) < 4.78 is 15.5. The monoisotopic (exact) mass is 302 g/mol. The SMILES string of the molecule is COc1cc2c(cc1OC)CN(C(=O)c1conc1C)CC2. The smallest absolute Gasteiger partial charge is 0.259 e. The topological polar surface area (TPSA) is 64.8 Å². The molecule has 6 heteroatoms. The van der Waals surface area contributed by atoms with Gasteiger partial charge in [-0.25, -0.2) is 0 Å². The second-order valence-corrected chi connectivity index (χ2v) is 5.27. The first-order valence-electron chi connectivity index (χ1n) is 7.08. The summed E-state index contributed by atoms with van der Waals surface area (Å²) in [7, 11) is 3.23. The van der Waals surface area contributed by atoms with Crippen LogP contribution >= 0.6 is 0 Å². The molecule has 1 aromatic heterocycles. The van der Waals surface area contributed by atoms with Crippen LogP contribution in [0.1, 0.15) is 27.2 Å². The van der Waals surface area contributed by atoms with Gasteiger partial charge in [-0.05, 0) is 36.6 Å². The normalized spacial score (nSPS) is 13.7. The van der Waals surface area contributed by atoms with Crippen LogP contribution in [0.2, 0.25) is 0 Å². The van der Waals surface area contributed by atoms with E-state index in [9.17, 15) is 4.79 Å². The third kappa shape index (κ3) is 2.41. The van der Waals surface area contributed by atoms with Crippen molar-refractivity contribution in [2.75, 3.05) is 20.8 Å². The molecule has 0 unspecified atom stereocenters. The molecule has 2 heterocycles. The predicted molar refractivity (Wildman–Crippen MR) is 79.2 cm³/mol. The number of benzene rings is 1. The van der Waals surface area contributed by atoms with E-state index in [-0.39, 0.29) is 5.91 Å². The van der Waals surface area contributed by atoms with Crippen molar-refractivity contribution in [3.05, 3.63) is 40.8 Å². The highest BCUT2D eigenvalue weighted by atomic mass is 16.5. The Bertz CT molecular complexity index is 708. The van der Waals surface area contributed by atoms with Gasteiger partial charge in [0.15, 0.2) is 11.5 Å². The Kier molecular flexibility index (Phi) is 3.75. The first kappa shape index (κ1) is 14.4. The lowest BCUT2D eigenvalue weighted by molar-refractivity contribution is 0.0733. The first-order chi connectivity index (χ1) is 10.6. The standard InChI is InChI=1S/C16H18N2O4/c1-10-13(9-22-17-10)16(19)18-5-4-11-6-14(20-2)15(21-3)7-12(11)8-18/h6-7,9H,4-5,8H2,1-3H3. The van der Waals surface area contributed by atoms with Crippen LogP contribution in [-0.4, -0.2) is 36.7 Å². The molecule has 0 atom stereocenters. The maximum absolute atomic E-state index is 12.5. The van der Waals surface area contributed by atoms with E-state index in [1.54, 1.807) is 26.0 Å². The number of rotatable bonds is 3. The molecule has 0 spiro atoms. The Balaban J connectivity index is 1.87. The maximum Gasteiger partial charge on any atom is 0.259 e. The van der Waals surface area contributed by atoms with Gasteiger partial charge in [-0.1, -0.05) is 5.16 Å². The molecule has 1 aliphatic heterocycles. The summed E-state index contributed by atoms with van der Waals surface area (Å²) in [4.78, 5) is 14.3. The van der Waals surface area contributed by atoms with Gasteiger partial charge in [-0.15, -0.1) is 0 Å². The molecule has 0 saturated carbocycles. The number of methoxy groups -OCH3 is 2. The molecule has 0 aliphatic carbocycles. The van der Waals surface area contributed by atoms with Crippen molar-refractivity contribution < 1.29 is 18.8 Å². The second-order valence-electron chi connectivity index (χ2n) is 5.27. The van der Waals surface area contributed by atoms with Gasteiger partial charge in [-0.2, -0.15) is 0 Å². The highest BCUT2D eigenvalue weighted by Crippen LogP contribution is 2.33. The van der Waals surface area contributed by atoms with Gasteiger partial charge in [0.05, 0.1) is 19.9 Å². The van der Waals surface area contributed by atoms with Crippen LogP contribution in [0.15, 0.2) is 22.9 Å². The zero-order valence-electron chi connectivity index (χ0n) is 12.9. The molecular formula is C16H18N2O4. The van der Waals surface area contributed by atoms with E-state index >= 15 is 0 Å². The Hall–Kier alpha value is -2.50. The fourth-order valence-electron chi connectivity index (χ4n) is 2.72. The highest BCUT2D eigenvalue weighted by Gasteiger charge is 2.25. The van der Waals surface area contributed by atoms with E-state index in [2.05, 4.69) is 5.16 Å². The second kappa shape index (κ2) is 5.71. The molecule has 2 aromatic rings. The Labute approximate surface area is 128 Å². The molecule has 0 N–H and O–H groups in total. The van der Waals surface area contributed by atoms with E-state index < -0.39 is 0 Å². The lowest BCUT2D eigenvalue weighted by atomic mass is 9.98. The minimum absolute atomic E-state index is 0.0563. The minimum atomic E-state index is -0.0563. The van der Waals surface area contributed by atoms with Gasteiger partial charge in [0.2, 0.25) is 0 Å². The van der Waals surface area contributed by atoms with E-state index in [0.717, 1.165) is 17.7 Å². The molecular weight excluding hydrogens is 284 g/mol. The molecule has 6 nitrogen and oxygen atoms in total. The van der Waals surface area contributed by atoms with Gasteiger partial charge < -0.3 is 18.9 Å². The van der Waals surface area contributed by atoms with Crippen molar-refractivity contribution in [3.63, 3.8) is 0 Å². The number of amides is 1. The Morgan fingerprint density at radius 2 is 1.91 bits per heavy atom. The summed E-state index contributed by atoms with van der Waals surface area (Å²) in [6, 6.07) is 3.93. The van der Waals surface area contributed by atoms with Crippen molar-refractivity contribution in [2.24, 2.45) is 0 Å². The molecule has 1 aromatic carbocycles. The zero-order valence-corrected chi connectivity index (χ0v) is 12.9. The van der Waals surface area contributed by atoms with Crippen LogP contribution < -0.4 is 9.47 Å². The third-order valence-electron chi connectivity index (χ3n) is 3.99. The highest BCUT2D eigenvalue weighted by molar-refractivity contribution is 5.95. The van der Waals surface area contributed by atoms with Gasteiger partial charge in [0.25, 0.3) is 5.91 Å². The minimum Gasteiger partial charge on any atom is -0.493 e. The summed E-state index contributed by atoms with van der Waals surface area (Å²) in [5.41, 5.74) is 3.39. The van der Waals surface area contributed by atoms with Crippen molar-refractivity contribution in [1.82, 2.24) is 10.1 Å². The van der Waals surface area contributed by atoms with E-state index in [1.165, 1.54) is 11.8 Å². The predicted octanol–water partition coefficient (Wildman–Crippen LogP) is 2.20. The van der Waals surface area contributed by atoms with Crippen LogP contribution in [0.5, 0.6) is 11.5 Å². The molecule has 0 saturated heterocycles. The number of ether oxygens (including phenoxy) is 2. The summed E-state index contributed by atoms with van der Waals surface area (Å²) in [5.74, 6) is 1.34. The number of hydrogen-bond acceptors (Lipinski definition) is 5. The molecule has 0 fully saturated rings. The maximum atomic E-state index is 12.5. The molecule has 0 radical (unpaired) electrons. The van der Waals surface area contributed by atoms with Crippen LogP contribution in [0.3, 0.4) is 0 Å². The zero-order chi connectivity index (χ0) is 15.7. The van der Waals surface area contributed by atoms with Crippen molar-refractivity contribution in [3.8, 4) is 11.5 Å². The average Bonchev–Trinajstić information content (AvgIpc) is 2.98. The number of nitrogens with zero attached hydrogens (tertiary/aromatic N) is 2. The number of carbonyl (C=O) groups excluding carboxylic acids is 1. The van der Waals surface area contributed by atoms with E-state index in [1.807, 2.05) is 12.1 Å². The van der Waals surface area contributed by atoms with Crippen molar-refractivity contribution in [2.45, 2.75) is 19.9 Å². The molecule has 22 heavy (non-hydrogen) atoms. The van der Waals surface area contributed by atoms with Crippen molar-refractivity contribution in [1.29, 1.82) is 0 Å². The Morgan fingerprint density at radius 1 is 1.23 bits per heavy atom. The number of carbonyl (C=O) groups is 1. The molecule has 0 bridgehead atoms. The fraction of sp³-hybridized carbons (Fsp3) is 0.375. The number of aryl methyl sites for hydroxylation is 1. The fourth-order valence-corrected chi connectivity index (χ4v) is 2.72. The molecule has 116 valence electrons. The average molecular weight is 302 g/mol. The molecule has 1 amide bonds. The quantitative estimate of drug-likeness (QED) is 0.869. The van der Waals surface area contributed by atoms with Crippen LogP contribution in [-0.2, 0) is 13.0 Å². The first-order valence-corrected chi connectivity index (χ1v) is 7.08. The van der Waals surface area contributed by atoms with Gasteiger partial charge in [0, 0.05) is 13.1 Å². The van der Waals surface area contributed by atoms with Crippen LogP contribution in [0, 0.1) is 6.92 Å². The van der Waals surface area contributed by atoms with Gasteiger partial charge in [0.1, 0.15) is 11.8 Å². The number of hydrogen-bond donors (Lipinski definition) is 0. The van der Waals surface area contributed by atoms with Crippen LogP contribution in [0.25, 0.3) is 0 Å². The number of fused-ring (bicyclic) bond motifs is 1. The van der Waals surface area contributed by atoms with Gasteiger partial charge >= 0.3 is 0 Å². The molecule has 1 aliphatic rings. The lowest BCUT2D eigenvalue weighted by Gasteiger charge is -2.29. The summed E-state index contributed by atoms with van der Waals surface area (Å²) in [6.45, 7) is 2.97. The van der Waals surface area contributed by atoms with Crippen molar-refractivity contribution >= 4 is 5.91 Å². The third-order valence-corrected chi connectivity index (χ3v) is 3.99. The summed E-state index contributed by atoms with van der Waals surface area (Å²) in [6.07, 6.45) is 2.19. The van der Waals surface area contributed by atoms with Crippen LogP contribution in [0.4, 0.5) is 0 Å². The Morgan fingerprint density at radius 3 is 2.50 bits per heavy atom. The molecule has 3 rings (SSSR count). The van der Waals surface area contributed by atoms with E-state index in [4.69, 9.17) is 14.0 Å². The lowest BCUT2D eigenvalue weighted by Crippen LogP contribution is -2.36. The summed E-state index contributed by atoms with van der Waals surface area (Å²) >= 11 is 0. The largest absolute Gasteiger partial charge is 0.493 e. The van der Waals surface area contributed by atoms with E-state index in [0.29, 0.717) is 30.1 Å². The number of aromatic nitrogens is 1. The van der Waals surface area contributed by atoms with Gasteiger partial charge in [-0.3, -0.25) is 4.79 Å². The summed E-state index contributed by atoms with van der Waals surface area (Å²) in [5, 5.41) is 3.77.